The van der Waals surface area contributed by atoms with Gasteiger partial charge in [0, 0.05) is 11.8 Å². The smallest absolute Gasteiger partial charge is 0.197 e. The number of H-pyrrole nitrogens is 1. The van der Waals surface area contributed by atoms with Gasteiger partial charge in [-0.25, -0.2) is 9.37 Å². The van der Waals surface area contributed by atoms with Crippen molar-refractivity contribution in [1.29, 1.82) is 0 Å². The van der Waals surface area contributed by atoms with E-state index in [4.69, 9.17) is 12.2 Å². The molecule has 0 aliphatic rings. The average molecular weight is 346 g/mol. The SMILES string of the molecule is CCC/C=C(/C(=C(\O)CO)c1ccnc(=S)[nH]1)c1ccc(F)cc1. The molecular weight excluding hydrogens is 327 g/mol. The summed E-state index contributed by atoms with van der Waals surface area (Å²) in [5.74, 6) is -0.535. The molecule has 0 spiro atoms. The van der Waals surface area contributed by atoms with Crippen molar-refractivity contribution in [3.8, 4) is 0 Å². The topological polar surface area (TPSA) is 69.1 Å². The van der Waals surface area contributed by atoms with Gasteiger partial charge >= 0.3 is 0 Å². The van der Waals surface area contributed by atoms with Gasteiger partial charge in [-0.05, 0) is 48.0 Å². The molecule has 0 aliphatic heterocycles. The highest BCUT2D eigenvalue weighted by molar-refractivity contribution is 7.71. The van der Waals surface area contributed by atoms with E-state index in [1.54, 1.807) is 18.2 Å². The lowest BCUT2D eigenvalue weighted by Gasteiger charge is -2.15. The molecule has 126 valence electrons. The summed E-state index contributed by atoms with van der Waals surface area (Å²) in [6, 6.07) is 7.66. The third kappa shape index (κ3) is 4.37. The lowest BCUT2D eigenvalue weighted by molar-refractivity contribution is 0.255. The maximum atomic E-state index is 13.3. The van der Waals surface area contributed by atoms with Crippen molar-refractivity contribution in [3.05, 3.63) is 70.2 Å². The molecule has 0 fully saturated rings. The molecule has 0 atom stereocenters. The van der Waals surface area contributed by atoms with Gasteiger partial charge in [0.05, 0.1) is 5.69 Å². The molecule has 0 saturated carbocycles. The number of hydrogen-bond donors (Lipinski definition) is 3. The molecule has 6 heteroatoms. The zero-order valence-corrected chi connectivity index (χ0v) is 14.1. The number of aliphatic hydroxyl groups is 2. The summed E-state index contributed by atoms with van der Waals surface area (Å²) in [4.78, 5) is 6.86. The van der Waals surface area contributed by atoms with Crippen LogP contribution in [0, 0.1) is 10.6 Å². The van der Waals surface area contributed by atoms with E-state index in [0.29, 0.717) is 16.8 Å². The highest BCUT2D eigenvalue weighted by Gasteiger charge is 2.16. The molecular formula is C18H19FN2O2S. The van der Waals surface area contributed by atoms with E-state index < -0.39 is 6.61 Å². The first-order valence-electron chi connectivity index (χ1n) is 7.62. The van der Waals surface area contributed by atoms with E-state index in [0.717, 1.165) is 18.4 Å². The third-order valence-electron chi connectivity index (χ3n) is 3.44. The van der Waals surface area contributed by atoms with E-state index >= 15 is 0 Å². The van der Waals surface area contributed by atoms with Gasteiger partial charge in [0.1, 0.15) is 18.2 Å². The van der Waals surface area contributed by atoms with Crippen molar-refractivity contribution in [2.45, 2.75) is 19.8 Å². The summed E-state index contributed by atoms with van der Waals surface area (Å²) in [5, 5.41) is 19.7. The van der Waals surface area contributed by atoms with Crippen LogP contribution in [-0.4, -0.2) is 26.8 Å². The van der Waals surface area contributed by atoms with Crippen LogP contribution in [0.3, 0.4) is 0 Å². The van der Waals surface area contributed by atoms with Gasteiger partial charge in [-0.2, -0.15) is 0 Å². The van der Waals surface area contributed by atoms with E-state index in [9.17, 15) is 14.6 Å². The first-order chi connectivity index (χ1) is 11.6. The largest absolute Gasteiger partial charge is 0.509 e. The molecule has 0 saturated heterocycles. The molecule has 0 aliphatic carbocycles. The molecule has 0 bridgehead atoms. The Morgan fingerprint density at radius 1 is 1.29 bits per heavy atom. The molecule has 0 amide bonds. The van der Waals surface area contributed by atoms with Crippen LogP contribution in [0.25, 0.3) is 11.1 Å². The average Bonchev–Trinajstić information content (AvgIpc) is 2.59. The second-order valence-electron chi connectivity index (χ2n) is 5.18. The Balaban J connectivity index is 2.66. The molecule has 2 rings (SSSR count). The minimum absolute atomic E-state index is 0.196. The number of aromatic amines is 1. The lowest BCUT2D eigenvalue weighted by Crippen LogP contribution is -2.02. The number of nitrogens with zero attached hydrogens (tertiary/aromatic N) is 1. The van der Waals surface area contributed by atoms with Crippen molar-refractivity contribution < 1.29 is 14.6 Å². The Morgan fingerprint density at radius 2 is 2.00 bits per heavy atom. The fourth-order valence-corrected chi connectivity index (χ4v) is 2.50. The van der Waals surface area contributed by atoms with Crippen molar-refractivity contribution in [2.75, 3.05) is 6.61 Å². The van der Waals surface area contributed by atoms with E-state index in [2.05, 4.69) is 9.97 Å². The summed E-state index contributed by atoms with van der Waals surface area (Å²) in [7, 11) is 0. The first-order valence-corrected chi connectivity index (χ1v) is 8.02. The first kappa shape index (κ1) is 18.0. The zero-order chi connectivity index (χ0) is 17.5. The molecule has 24 heavy (non-hydrogen) atoms. The number of rotatable bonds is 6. The van der Waals surface area contributed by atoms with E-state index in [1.807, 2.05) is 13.0 Å². The number of unbranched alkanes of at least 4 members (excludes halogenated alkanes) is 1. The van der Waals surface area contributed by atoms with Crippen LogP contribution < -0.4 is 0 Å². The maximum Gasteiger partial charge on any atom is 0.197 e. The van der Waals surface area contributed by atoms with Gasteiger partial charge in [0.25, 0.3) is 0 Å². The molecule has 1 aromatic carbocycles. The van der Waals surface area contributed by atoms with Crippen molar-refractivity contribution in [1.82, 2.24) is 9.97 Å². The van der Waals surface area contributed by atoms with Crippen LogP contribution in [-0.2, 0) is 0 Å². The second-order valence-corrected chi connectivity index (χ2v) is 5.57. The summed E-state index contributed by atoms with van der Waals surface area (Å²) in [6.07, 6.45) is 5.15. The number of nitrogens with one attached hydrogen (secondary N) is 1. The highest BCUT2D eigenvalue weighted by atomic mass is 32.1. The van der Waals surface area contributed by atoms with E-state index in [-0.39, 0.29) is 16.3 Å². The number of benzene rings is 1. The van der Waals surface area contributed by atoms with Crippen LogP contribution >= 0.6 is 12.2 Å². The molecule has 4 nitrogen and oxygen atoms in total. The monoisotopic (exact) mass is 346 g/mol. The summed E-state index contributed by atoms with van der Waals surface area (Å²) >= 11 is 5.05. The molecule has 3 N–H and O–H groups in total. The zero-order valence-electron chi connectivity index (χ0n) is 13.3. The summed E-state index contributed by atoms with van der Waals surface area (Å²) < 4.78 is 13.5. The Labute approximate surface area is 145 Å². The van der Waals surface area contributed by atoms with Crippen molar-refractivity contribution in [2.24, 2.45) is 0 Å². The van der Waals surface area contributed by atoms with Crippen molar-refractivity contribution >= 4 is 23.4 Å². The third-order valence-corrected chi connectivity index (χ3v) is 3.65. The normalized spacial score (nSPS) is 12.9. The maximum absolute atomic E-state index is 13.3. The number of hydrogen-bond acceptors (Lipinski definition) is 4. The number of aliphatic hydroxyl groups excluding tert-OH is 2. The standard InChI is InChI=1S/C18H19FN2O2S/c1-2-3-4-14(12-5-7-13(19)8-6-12)17(16(23)11-22)15-9-10-20-18(24)21-15/h4-10,22-23H,2-3,11H2,1H3,(H,20,21,24)/b14-4+,17-16+. The molecule has 2 aromatic rings. The highest BCUT2D eigenvalue weighted by Crippen LogP contribution is 2.33. The second kappa shape index (κ2) is 8.52. The fourth-order valence-electron chi connectivity index (χ4n) is 2.33. The molecule has 1 aromatic heterocycles. The molecule has 0 radical (unpaired) electrons. The fraction of sp³-hybridized carbons (Fsp3) is 0.222. The predicted molar refractivity (Wildman–Crippen MR) is 95.3 cm³/mol. The van der Waals surface area contributed by atoms with Gasteiger partial charge in [-0.15, -0.1) is 0 Å². The number of halogens is 1. The lowest BCUT2D eigenvalue weighted by atomic mass is 9.93. The number of aromatic nitrogens is 2. The van der Waals surface area contributed by atoms with Gasteiger partial charge < -0.3 is 15.2 Å². The number of allylic oxidation sites excluding steroid dienone is 3. The minimum atomic E-state index is -0.525. The van der Waals surface area contributed by atoms with Crippen LogP contribution in [0.1, 0.15) is 31.0 Å². The predicted octanol–water partition coefficient (Wildman–Crippen LogP) is 4.42. The van der Waals surface area contributed by atoms with Crippen molar-refractivity contribution in [3.63, 3.8) is 0 Å². The summed E-state index contributed by atoms with van der Waals surface area (Å²) in [6.45, 7) is 1.51. The van der Waals surface area contributed by atoms with Crippen LogP contribution in [0.2, 0.25) is 0 Å². The van der Waals surface area contributed by atoms with Crippen LogP contribution in [0.4, 0.5) is 4.39 Å². The molecule has 0 unspecified atom stereocenters. The van der Waals surface area contributed by atoms with Crippen LogP contribution in [0.5, 0.6) is 0 Å². The van der Waals surface area contributed by atoms with Gasteiger partial charge in [0.2, 0.25) is 0 Å². The Hall–Kier alpha value is -2.31. The van der Waals surface area contributed by atoms with Crippen LogP contribution in [0.15, 0.2) is 48.4 Å². The Morgan fingerprint density at radius 3 is 2.58 bits per heavy atom. The Bertz CT molecular complexity index is 810. The van der Waals surface area contributed by atoms with Gasteiger partial charge in [-0.1, -0.05) is 31.6 Å². The summed E-state index contributed by atoms with van der Waals surface area (Å²) in [5.41, 5.74) is 2.38. The van der Waals surface area contributed by atoms with Gasteiger partial charge in [-0.3, -0.25) is 0 Å². The Kier molecular flexibility index (Phi) is 6.40. The quantitative estimate of drug-likeness (QED) is 0.411. The van der Waals surface area contributed by atoms with Gasteiger partial charge in [0.15, 0.2) is 4.77 Å². The molecule has 1 heterocycles. The van der Waals surface area contributed by atoms with E-state index in [1.165, 1.54) is 18.3 Å². The minimum Gasteiger partial charge on any atom is -0.509 e.